The predicted molar refractivity (Wildman–Crippen MR) is 67.9 cm³/mol. The van der Waals surface area contributed by atoms with Crippen LogP contribution in [0.3, 0.4) is 0 Å². The molecule has 0 amide bonds. The predicted octanol–water partition coefficient (Wildman–Crippen LogP) is 4.12. The Hall–Kier alpha value is -1.03. The van der Waals surface area contributed by atoms with Crippen molar-refractivity contribution < 1.29 is 9.50 Å². The highest BCUT2D eigenvalue weighted by molar-refractivity contribution is 7.99. The molecule has 1 N–H and O–H groups in total. The van der Waals surface area contributed by atoms with Gasteiger partial charge in [-0.2, -0.15) is 0 Å². The monoisotopic (exact) mass is 268 g/mol. The average molecular weight is 269 g/mol. The molecule has 0 spiro atoms. The van der Waals surface area contributed by atoms with Gasteiger partial charge >= 0.3 is 0 Å². The first-order valence-electron chi connectivity index (χ1n) is 5.02. The van der Waals surface area contributed by atoms with E-state index in [4.69, 9.17) is 16.7 Å². The summed E-state index contributed by atoms with van der Waals surface area (Å²) in [4.78, 5) is 1.31. The molecule has 1 nitrogen and oxygen atoms in total. The number of hydrogen-bond acceptors (Lipinski definition) is 2. The minimum atomic E-state index is -0.264. The van der Waals surface area contributed by atoms with Crippen molar-refractivity contribution in [2.45, 2.75) is 16.4 Å². The van der Waals surface area contributed by atoms with Gasteiger partial charge in [0.15, 0.2) is 0 Å². The summed E-state index contributed by atoms with van der Waals surface area (Å²) >= 11 is 7.33. The molecule has 2 rings (SSSR count). The summed E-state index contributed by atoms with van der Waals surface area (Å²) in [6, 6.07) is 11.8. The third-order valence-electron chi connectivity index (χ3n) is 2.24. The van der Waals surface area contributed by atoms with Gasteiger partial charge in [0.05, 0.1) is 11.6 Å². The van der Waals surface area contributed by atoms with Gasteiger partial charge < -0.3 is 5.11 Å². The third-order valence-corrected chi connectivity index (χ3v) is 3.79. The van der Waals surface area contributed by atoms with Crippen molar-refractivity contribution in [3.05, 3.63) is 58.9 Å². The highest BCUT2D eigenvalue weighted by atomic mass is 35.5. The summed E-state index contributed by atoms with van der Waals surface area (Å²) in [5, 5.41) is 9.48. The number of halogens is 2. The highest BCUT2D eigenvalue weighted by Gasteiger charge is 2.07. The van der Waals surface area contributed by atoms with E-state index in [1.807, 2.05) is 0 Å². The molecule has 0 aliphatic heterocycles. The Morgan fingerprint density at radius 1 is 1.12 bits per heavy atom. The number of aliphatic hydroxyl groups is 1. The van der Waals surface area contributed by atoms with Gasteiger partial charge in [-0.15, -0.1) is 0 Å². The van der Waals surface area contributed by atoms with Crippen LogP contribution in [0.15, 0.2) is 52.3 Å². The molecule has 0 atom stereocenters. The summed E-state index contributed by atoms with van der Waals surface area (Å²) in [5.41, 5.74) is 0.743. The van der Waals surface area contributed by atoms with Crippen molar-refractivity contribution in [3.8, 4) is 0 Å². The molecule has 2 aromatic carbocycles. The minimum absolute atomic E-state index is 0.0512. The van der Waals surface area contributed by atoms with E-state index in [0.29, 0.717) is 9.92 Å². The highest BCUT2D eigenvalue weighted by Crippen LogP contribution is 2.34. The quantitative estimate of drug-likeness (QED) is 0.903. The Kier molecular flexibility index (Phi) is 4.05. The van der Waals surface area contributed by atoms with Gasteiger partial charge in [0, 0.05) is 9.79 Å². The maximum Gasteiger partial charge on any atom is 0.137 e. The Morgan fingerprint density at radius 2 is 1.88 bits per heavy atom. The van der Waals surface area contributed by atoms with E-state index in [2.05, 4.69) is 0 Å². The van der Waals surface area contributed by atoms with Gasteiger partial charge in [0.2, 0.25) is 0 Å². The molecule has 0 saturated heterocycles. The van der Waals surface area contributed by atoms with Gasteiger partial charge in [-0.05, 0) is 29.8 Å². The van der Waals surface area contributed by atoms with Crippen molar-refractivity contribution in [1.29, 1.82) is 0 Å². The number of hydrogen-bond donors (Lipinski definition) is 1. The van der Waals surface area contributed by atoms with Crippen molar-refractivity contribution in [2.75, 3.05) is 0 Å². The molecule has 0 aliphatic rings. The number of aliphatic hydroxyl groups excluding tert-OH is 1. The summed E-state index contributed by atoms with van der Waals surface area (Å²) in [6.45, 7) is -0.0512. The molecule has 0 radical (unpaired) electrons. The zero-order chi connectivity index (χ0) is 12.3. The smallest absolute Gasteiger partial charge is 0.137 e. The summed E-state index contributed by atoms with van der Waals surface area (Å²) in [6.07, 6.45) is 0. The second-order valence-electron chi connectivity index (χ2n) is 3.46. The Labute approximate surface area is 108 Å². The molecule has 0 fully saturated rings. The lowest BCUT2D eigenvalue weighted by molar-refractivity contribution is 0.282. The SMILES string of the molecule is OCc1ccc(Sc2ccccc2F)c(Cl)c1. The topological polar surface area (TPSA) is 20.2 Å². The second kappa shape index (κ2) is 5.54. The summed E-state index contributed by atoms with van der Waals surface area (Å²) in [5.74, 6) is -0.264. The molecule has 0 bridgehead atoms. The van der Waals surface area contributed by atoms with Gasteiger partial charge in [-0.1, -0.05) is 41.6 Å². The van der Waals surface area contributed by atoms with Gasteiger partial charge in [-0.25, -0.2) is 4.39 Å². The van der Waals surface area contributed by atoms with Crippen molar-refractivity contribution in [1.82, 2.24) is 0 Å². The second-order valence-corrected chi connectivity index (χ2v) is 4.95. The Morgan fingerprint density at radius 3 is 2.53 bits per heavy atom. The van der Waals surface area contributed by atoms with Crippen LogP contribution in [-0.4, -0.2) is 5.11 Å². The molecule has 0 saturated carbocycles. The lowest BCUT2D eigenvalue weighted by Gasteiger charge is -2.06. The van der Waals surface area contributed by atoms with Gasteiger partial charge in [0.25, 0.3) is 0 Å². The van der Waals surface area contributed by atoms with E-state index in [0.717, 1.165) is 10.5 Å². The molecule has 0 aliphatic carbocycles. The fourth-order valence-corrected chi connectivity index (χ4v) is 2.53. The van der Waals surface area contributed by atoms with Crippen molar-refractivity contribution in [2.24, 2.45) is 0 Å². The van der Waals surface area contributed by atoms with E-state index < -0.39 is 0 Å². The maximum absolute atomic E-state index is 13.4. The van der Waals surface area contributed by atoms with E-state index in [1.54, 1.807) is 36.4 Å². The van der Waals surface area contributed by atoms with Crippen LogP contribution in [0.1, 0.15) is 5.56 Å². The van der Waals surface area contributed by atoms with E-state index in [1.165, 1.54) is 17.8 Å². The molecule has 88 valence electrons. The normalized spacial score (nSPS) is 10.5. The fraction of sp³-hybridized carbons (Fsp3) is 0.0769. The van der Waals surface area contributed by atoms with Crippen LogP contribution in [0.25, 0.3) is 0 Å². The molecule has 0 unspecified atom stereocenters. The maximum atomic E-state index is 13.4. The Balaban J connectivity index is 2.28. The van der Waals surface area contributed by atoms with Crippen LogP contribution in [-0.2, 0) is 6.61 Å². The molecule has 0 aromatic heterocycles. The van der Waals surface area contributed by atoms with Crippen molar-refractivity contribution >= 4 is 23.4 Å². The van der Waals surface area contributed by atoms with Crippen molar-refractivity contribution in [3.63, 3.8) is 0 Å². The number of benzene rings is 2. The van der Waals surface area contributed by atoms with Crippen LogP contribution in [0.4, 0.5) is 4.39 Å². The Bertz CT molecular complexity index is 531. The van der Waals surface area contributed by atoms with Crippen LogP contribution >= 0.6 is 23.4 Å². The zero-order valence-electron chi connectivity index (χ0n) is 8.86. The molecule has 2 aromatic rings. The lowest BCUT2D eigenvalue weighted by Crippen LogP contribution is -1.85. The first kappa shape index (κ1) is 12.4. The lowest BCUT2D eigenvalue weighted by atomic mass is 10.2. The third kappa shape index (κ3) is 3.00. The number of rotatable bonds is 3. The first-order chi connectivity index (χ1) is 8.20. The van der Waals surface area contributed by atoms with Crippen LogP contribution in [0, 0.1) is 5.82 Å². The largest absolute Gasteiger partial charge is 0.392 e. The molecule has 17 heavy (non-hydrogen) atoms. The molecule has 4 heteroatoms. The van der Waals surface area contributed by atoms with E-state index in [9.17, 15) is 4.39 Å². The molecule has 0 heterocycles. The molecular formula is C13H10ClFOS. The van der Waals surface area contributed by atoms with E-state index >= 15 is 0 Å². The fourth-order valence-electron chi connectivity index (χ4n) is 1.37. The first-order valence-corrected chi connectivity index (χ1v) is 6.22. The van der Waals surface area contributed by atoms with E-state index in [-0.39, 0.29) is 12.4 Å². The summed E-state index contributed by atoms with van der Waals surface area (Å²) < 4.78 is 13.4. The standard InChI is InChI=1S/C13H10ClFOS/c14-10-7-9(8-16)5-6-12(10)17-13-4-2-1-3-11(13)15/h1-7,16H,8H2. The minimum Gasteiger partial charge on any atom is -0.392 e. The van der Waals surface area contributed by atoms with Crippen LogP contribution in [0.5, 0.6) is 0 Å². The zero-order valence-corrected chi connectivity index (χ0v) is 10.4. The average Bonchev–Trinajstić information content (AvgIpc) is 2.34. The van der Waals surface area contributed by atoms with Crippen LogP contribution in [0.2, 0.25) is 5.02 Å². The molecular weight excluding hydrogens is 259 g/mol. The van der Waals surface area contributed by atoms with Gasteiger partial charge in [-0.3, -0.25) is 0 Å². The summed E-state index contributed by atoms with van der Waals surface area (Å²) in [7, 11) is 0. The van der Waals surface area contributed by atoms with Crippen LogP contribution < -0.4 is 0 Å². The van der Waals surface area contributed by atoms with Gasteiger partial charge in [0.1, 0.15) is 5.82 Å².